The number of nitro benzene ring substituents is 1. The third kappa shape index (κ3) is 4.40. The fourth-order valence-corrected chi connectivity index (χ4v) is 1.35. The van der Waals surface area contributed by atoms with Crippen LogP contribution < -0.4 is 4.74 Å². The minimum atomic E-state index is -4.36. The molecule has 0 spiro atoms. The van der Waals surface area contributed by atoms with Crippen LogP contribution in [0, 0.1) is 10.1 Å². The molecule has 1 aromatic rings. The van der Waals surface area contributed by atoms with E-state index in [1.807, 2.05) is 0 Å². The Labute approximate surface area is 105 Å². The highest BCUT2D eigenvalue weighted by atomic mass is 35.5. The van der Waals surface area contributed by atoms with Crippen molar-refractivity contribution in [3.05, 3.63) is 33.9 Å². The van der Waals surface area contributed by atoms with E-state index in [-0.39, 0.29) is 17.3 Å². The Hall–Kier alpha value is -1.50. The van der Waals surface area contributed by atoms with Gasteiger partial charge in [0.2, 0.25) is 0 Å². The van der Waals surface area contributed by atoms with Crippen LogP contribution in [0.5, 0.6) is 5.75 Å². The highest BCUT2D eigenvalue weighted by Crippen LogP contribution is 2.29. The van der Waals surface area contributed by atoms with E-state index in [2.05, 4.69) is 0 Å². The van der Waals surface area contributed by atoms with E-state index in [9.17, 15) is 23.3 Å². The molecule has 0 aliphatic heterocycles. The number of benzene rings is 1. The Morgan fingerprint density at radius 2 is 2.06 bits per heavy atom. The van der Waals surface area contributed by atoms with Crippen LogP contribution in [-0.2, 0) is 5.88 Å². The van der Waals surface area contributed by atoms with Gasteiger partial charge < -0.3 is 4.74 Å². The number of hydrogen-bond acceptors (Lipinski definition) is 3. The van der Waals surface area contributed by atoms with Crippen molar-refractivity contribution in [3.8, 4) is 5.75 Å². The molecular formula is C10H9ClF3NO3. The molecule has 0 aliphatic rings. The lowest BCUT2D eigenvalue weighted by Crippen LogP contribution is -2.13. The van der Waals surface area contributed by atoms with Crippen molar-refractivity contribution >= 4 is 17.3 Å². The van der Waals surface area contributed by atoms with E-state index in [0.717, 1.165) is 6.07 Å². The Bertz CT molecular complexity index is 437. The first-order chi connectivity index (χ1) is 8.33. The van der Waals surface area contributed by atoms with Crippen molar-refractivity contribution in [2.24, 2.45) is 0 Å². The summed E-state index contributed by atoms with van der Waals surface area (Å²) in [5.41, 5.74) is 0.148. The third-order valence-electron chi connectivity index (χ3n) is 2.02. The molecule has 0 atom stereocenters. The van der Waals surface area contributed by atoms with Crippen LogP contribution in [0.4, 0.5) is 18.9 Å². The number of halogens is 4. The summed E-state index contributed by atoms with van der Waals surface area (Å²) < 4.78 is 40.6. The zero-order valence-electron chi connectivity index (χ0n) is 9.04. The fraction of sp³-hybridized carbons (Fsp3) is 0.400. The predicted octanol–water partition coefficient (Wildman–Crippen LogP) is 3.66. The lowest BCUT2D eigenvalue weighted by molar-refractivity contribution is -0.385. The average Bonchev–Trinajstić information content (AvgIpc) is 2.26. The maximum absolute atomic E-state index is 11.9. The molecule has 100 valence electrons. The lowest BCUT2D eigenvalue weighted by Gasteiger charge is -2.09. The number of nitrogens with zero attached hydrogens (tertiary/aromatic N) is 1. The largest absolute Gasteiger partial charge is 0.486 e. The zero-order chi connectivity index (χ0) is 13.8. The third-order valence-corrected chi connectivity index (χ3v) is 2.33. The van der Waals surface area contributed by atoms with Gasteiger partial charge in [0.25, 0.3) is 0 Å². The van der Waals surface area contributed by atoms with Crippen molar-refractivity contribution in [3.63, 3.8) is 0 Å². The fourth-order valence-electron chi connectivity index (χ4n) is 1.18. The van der Waals surface area contributed by atoms with Crippen LogP contribution >= 0.6 is 11.6 Å². The summed E-state index contributed by atoms with van der Waals surface area (Å²) in [6.07, 6.45) is -5.53. The van der Waals surface area contributed by atoms with Gasteiger partial charge in [-0.15, -0.1) is 11.6 Å². The Kier molecular flexibility index (Phi) is 4.77. The van der Waals surface area contributed by atoms with Gasteiger partial charge in [0.05, 0.1) is 18.0 Å². The lowest BCUT2D eigenvalue weighted by atomic mass is 10.2. The summed E-state index contributed by atoms with van der Waals surface area (Å²) in [5, 5.41) is 10.7. The average molecular weight is 284 g/mol. The smallest absolute Gasteiger partial charge is 0.392 e. The number of rotatable bonds is 5. The quantitative estimate of drug-likeness (QED) is 0.471. The summed E-state index contributed by atoms with van der Waals surface area (Å²) in [6, 6.07) is 3.84. The normalized spacial score (nSPS) is 11.3. The highest BCUT2D eigenvalue weighted by Gasteiger charge is 2.27. The summed E-state index contributed by atoms with van der Waals surface area (Å²) >= 11 is 5.53. The number of ether oxygens (including phenoxy) is 1. The minimum Gasteiger partial charge on any atom is -0.486 e. The first kappa shape index (κ1) is 14.6. The van der Waals surface area contributed by atoms with E-state index in [4.69, 9.17) is 16.3 Å². The molecule has 0 heterocycles. The second-order valence-electron chi connectivity index (χ2n) is 3.41. The van der Waals surface area contributed by atoms with E-state index in [1.54, 1.807) is 0 Å². The molecular weight excluding hydrogens is 275 g/mol. The van der Waals surface area contributed by atoms with Gasteiger partial charge in [-0.1, -0.05) is 6.07 Å². The van der Waals surface area contributed by atoms with E-state index in [1.165, 1.54) is 12.1 Å². The Morgan fingerprint density at radius 3 is 2.56 bits per heavy atom. The number of nitro groups is 1. The van der Waals surface area contributed by atoms with Crippen molar-refractivity contribution in [1.82, 2.24) is 0 Å². The van der Waals surface area contributed by atoms with E-state index >= 15 is 0 Å². The standard InChI is InChI=1S/C10H9ClF3NO3/c11-6-7-1-2-8(15(16)17)9(5-7)18-4-3-10(12,13)14/h1-2,5H,3-4,6H2. The van der Waals surface area contributed by atoms with Gasteiger partial charge in [-0.25, -0.2) is 0 Å². The first-order valence-electron chi connectivity index (χ1n) is 4.86. The van der Waals surface area contributed by atoms with Gasteiger partial charge >= 0.3 is 11.9 Å². The summed E-state index contributed by atoms with van der Waals surface area (Å²) in [5.74, 6) is -0.115. The molecule has 0 amide bonds. The Balaban J connectivity index is 2.81. The van der Waals surface area contributed by atoms with Crippen molar-refractivity contribution < 1.29 is 22.8 Å². The summed E-state index contributed by atoms with van der Waals surface area (Å²) in [4.78, 5) is 9.93. The molecule has 0 fully saturated rings. The zero-order valence-corrected chi connectivity index (χ0v) is 9.79. The van der Waals surface area contributed by atoms with Crippen LogP contribution in [0.15, 0.2) is 18.2 Å². The van der Waals surface area contributed by atoms with Crippen LogP contribution in [0.3, 0.4) is 0 Å². The highest BCUT2D eigenvalue weighted by molar-refractivity contribution is 6.17. The van der Waals surface area contributed by atoms with Gasteiger partial charge in [-0.3, -0.25) is 10.1 Å². The molecule has 4 nitrogen and oxygen atoms in total. The van der Waals surface area contributed by atoms with Gasteiger partial charge in [-0.05, 0) is 11.6 Å². The molecule has 0 aliphatic carbocycles. The second-order valence-corrected chi connectivity index (χ2v) is 3.67. The van der Waals surface area contributed by atoms with Gasteiger partial charge in [0.1, 0.15) is 0 Å². The van der Waals surface area contributed by atoms with Crippen LogP contribution in [0.2, 0.25) is 0 Å². The van der Waals surface area contributed by atoms with E-state index < -0.39 is 24.1 Å². The van der Waals surface area contributed by atoms with Crippen molar-refractivity contribution in [1.29, 1.82) is 0 Å². The molecule has 0 aromatic heterocycles. The van der Waals surface area contributed by atoms with Gasteiger partial charge in [0.15, 0.2) is 5.75 Å². The first-order valence-corrected chi connectivity index (χ1v) is 5.40. The molecule has 0 bridgehead atoms. The molecule has 0 radical (unpaired) electrons. The van der Waals surface area contributed by atoms with Crippen LogP contribution in [0.1, 0.15) is 12.0 Å². The van der Waals surface area contributed by atoms with Crippen LogP contribution in [0.25, 0.3) is 0 Å². The van der Waals surface area contributed by atoms with Crippen molar-refractivity contribution in [2.75, 3.05) is 6.61 Å². The molecule has 8 heteroatoms. The molecule has 18 heavy (non-hydrogen) atoms. The maximum atomic E-state index is 11.9. The summed E-state index contributed by atoms with van der Waals surface area (Å²) in [6.45, 7) is -0.671. The number of alkyl halides is 4. The minimum absolute atomic E-state index is 0.0909. The SMILES string of the molecule is O=[N+]([O-])c1ccc(CCl)cc1OCCC(F)(F)F. The molecule has 1 rings (SSSR count). The molecule has 1 aromatic carbocycles. The molecule has 0 N–H and O–H groups in total. The second kappa shape index (κ2) is 5.90. The molecule has 0 saturated carbocycles. The predicted molar refractivity (Wildman–Crippen MR) is 58.8 cm³/mol. The maximum Gasteiger partial charge on any atom is 0.392 e. The van der Waals surface area contributed by atoms with Gasteiger partial charge in [-0.2, -0.15) is 13.2 Å². The summed E-state index contributed by atoms with van der Waals surface area (Å²) in [7, 11) is 0. The topological polar surface area (TPSA) is 52.4 Å². The number of hydrogen-bond donors (Lipinski definition) is 0. The monoisotopic (exact) mass is 283 g/mol. The van der Waals surface area contributed by atoms with E-state index in [0.29, 0.717) is 5.56 Å². The van der Waals surface area contributed by atoms with Crippen molar-refractivity contribution in [2.45, 2.75) is 18.5 Å². The molecule has 0 saturated heterocycles. The molecule has 0 unspecified atom stereocenters. The Morgan fingerprint density at radius 1 is 1.39 bits per heavy atom. The van der Waals surface area contributed by atoms with Gasteiger partial charge in [0, 0.05) is 11.9 Å². The van der Waals surface area contributed by atoms with Crippen LogP contribution in [-0.4, -0.2) is 17.7 Å².